The van der Waals surface area contributed by atoms with E-state index in [-0.39, 0.29) is 11.9 Å². The van der Waals surface area contributed by atoms with E-state index in [0.717, 1.165) is 21.4 Å². The zero-order valence-corrected chi connectivity index (χ0v) is 16.1. The van der Waals surface area contributed by atoms with E-state index in [0.29, 0.717) is 21.5 Å². The number of benzene rings is 2. The zero-order valence-electron chi connectivity index (χ0n) is 13.8. The maximum Gasteiger partial charge on any atom is 0.263 e. The average molecular weight is 394 g/mol. The summed E-state index contributed by atoms with van der Waals surface area (Å²) in [5.41, 5.74) is 0.997. The third kappa shape index (κ3) is 3.92. The van der Waals surface area contributed by atoms with Crippen LogP contribution in [0.1, 0.15) is 35.1 Å². The van der Waals surface area contributed by atoms with Crippen LogP contribution in [0.3, 0.4) is 0 Å². The lowest BCUT2D eigenvalue weighted by Crippen LogP contribution is -2.26. The Hall–Kier alpha value is -1.75. The van der Waals surface area contributed by atoms with Gasteiger partial charge in [-0.15, -0.1) is 11.3 Å². The van der Waals surface area contributed by atoms with Gasteiger partial charge in [0.15, 0.2) is 0 Å². The van der Waals surface area contributed by atoms with E-state index in [1.165, 1.54) is 11.3 Å². The van der Waals surface area contributed by atoms with Crippen LogP contribution in [0.4, 0.5) is 0 Å². The number of carbonyl (C=O) groups is 1. The highest BCUT2D eigenvalue weighted by Crippen LogP contribution is 2.37. The molecule has 0 aliphatic rings. The van der Waals surface area contributed by atoms with Crippen molar-refractivity contribution in [3.05, 3.63) is 63.0 Å². The number of ether oxygens (including phenoxy) is 1. The number of rotatable bonds is 5. The van der Waals surface area contributed by atoms with Gasteiger partial charge in [0.05, 0.1) is 17.7 Å². The number of thiophene rings is 1. The minimum Gasteiger partial charge on any atom is -0.494 e. The molecule has 0 fully saturated rings. The van der Waals surface area contributed by atoms with Crippen LogP contribution in [0.2, 0.25) is 10.0 Å². The molecule has 1 N–H and O–H groups in total. The Balaban J connectivity index is 1.78. The molecule has 1 amide bonds. The Labute approximate surface area is 160 Å². The molecule has 2 aromatic carbocycles. The highest BCUT2D eigenvalue weighted by Gasteiger charge is 2.19. The van der Waals surface area contributed by atoms with Gasteiger partial charge >= 0.3 is 0 Å². The van der Waals surface area contributed by atoms with Crippen molar-refractivity contribution in [1.29, 1.82) is 0 Å². The first-order valence-electron chi connectivity index (χ1n) is 7.90. The minimum atomic E-state index is -0.191. The van der Waals surface area contributed by atoms with E-state index in [4.69, 9.17) is 27.9 Å². The second-order valence-electron chi connectivity index (χ2n) is 5.58. The molecule has 1 heterocycles. The Morgan fingerprint density at radius 3 is 2.60 bits per heavy atom. The normalized spacial score (nSPS) is 12.2. The lowest BCUT2D eigenvalue weighted by molar-refractivity contribution is 0.0944. The van der Waals surface area contributed by atoms with Gasteiger partial charge in [0.2, 0.25) is 0 Å². The average Bonchev–Trinajstić information content (AvgIpc) is 2.92. The second kappa shape index (κ2) is 7.65. The molecule has 130 valence electrons. The van der Waals surface area contributed by atoms with Gasteiger partial charge in [-0.05, 0) is 43.7 Å². The Morgan fingerprint density at radius 2 is 1.92 bits per heavy atom. The first-order chi connectivity index (χ1) is 12.0. The van der Waals surface area contributed by atoms with Crippen LogP contribution in [0.25, 0.3) is 10.1 Å². The molecular formula is C19H17Cl2NO2S. The number of halogens is 2. The molecule has 0 radical (unpaired) electrons. The molecular weight excluding hydrogens is 377 g/mol. The van der Waals surface area contributed by atoms with Crippen LogP contribution < -0.4 is 10.1 Å². The molecule has 1 aromatic heterocycles. The maximum absolute atomic E-state index is 12.6. The molecule has 0 spiro atoms. The van der Waals surface area contributed by atoms with Crippen LogP contribution >= 0.6 is 34.5 Å². The molecule has 1 atom stereocenters. The van der Waals surface area contributed by atoms with Crippen LogP contribution in [0.5, 0.6) is 5.75 Å². The van der Waals surface area contributed by atoms with E-state index < -0.39 is 0 Å². The first kappa shape index (κ1) is 18.1. The van der Waals surface area contributed by atoms with Crippen molar-refractivity contribution in [2.24, 2.45) is 0 Å². The standard InChI is InChI=1S/C19H17Cl2NO2S/c1-3-24-14-7-4-12(5-8-14)11(2)22-19(23)18-17(21)15-9-6-13(20)10-16(15)25-18/h4-11H,3H2,1-2H3,(H,22,23)/t11-/m0/s1. The zero-order chi connectivity index (χ0) is 18.0. The van der Waals surface area contributed by atoms with E-state index in [9.17, 15) is 4.79 Å². The number of fused-ring (bicyclic) bond motifs is 1. The Kier molecular flexibility index (Phi) is 5.52. The largest absolute Gasteiger partial charge is 0.494 e. The monoisotopic (exact) mass is 393 g/mol. The molecule has 0 unspecified atom stereocenters. The van der Waals surface area contributed by atoms with Gasteiger partial charge in [-0.1, -0.05) is 41.4 Å². The number of hydrogen-bond donors (Lipinski definition) is 1. The second-order valence-corrected chi connectivity index (χ2v) is 7.45. The predicted molar refractivity (Wildman–Crippen MR) is 105 cm³/mol. The van der Waals surface area contributed by atoms with Crippen molar-refractivity contribution in [3.63, 3.8) is 0 Å². The van der Waals surface area contributed by atoms with Crippen LogP contribution in [0.15, 0.2) is 42.5 Å². The summed E-state index contributed by atoms with van der Waals surface area (Å²) in [6.07, 6.45) is 0. The van der Waals surface area contributed by atoms with Crippen molar-refractivity contribution in [2.45, 2.75) is 19.9 Å². The summed E-state index contributed by atoms with van der Waals surface area (Å²) >= 11 is 13.7. The molecule has 25 heavy (non-hydrogen) atoms. The van der Waals surface area contributed by atoms with Gasteiger partial charge in [-0.2, -0.15) is 0 Å². The van der Waals surface area contributed by atoms with E-state index in [1.807, 2.05) is 50.2 Å². The SMILES string of the molecule is CCOc1ccc([C@H](C)NC(=O)c2sc3cc(Cl)ccc3c2Cl)cc1. The van der Waals surface area contributed by atoms with E-state index in [2.05, 4.69) is 5.32 Å². The van der Waals surface area contributed by atoms with Gasteiger partial charge in [-0.25, -0.2) is 0 Å². The molecule has 0 aliphatic heterocycles. The van der Waals surface area contributed by atoms with Crippen molar-refractivity contribution in [3.8, 4) is 5.75 Å². The fourth-order valence-corrected chi connectivity index (χ4v) is 4.25. The molecule has 3 nitrogen and oxygen atoms in total. The molecule has 3 aromatic rings. The van der Waals surface area contributed by atoms with Gasteiger partial charge < -0.3 is 10.1 Å². The van der Waals surface area contributed by atoms with Gasteiger partial charge in [0.1, 0.15) is 10.6 Å². The summed E-state index contributed by atoms with van der Waals surface area (Å²) in [5, 5.41) is 4.93. The number of carbonyl (C=O) groups excluding carboxylic acids is 1. The lowest BCUT2D eigenvalue weighted by atomic mass is 10.1. The third-order valence-electron chi connectivity index (χ3n) is 3.84. The number of nitrogens with one attached hydrogen (secondary N) is 1. The fourth-order valence-electron chi connectivity index (χ4n) is 2.55. The summed E-state index contributed by atoms with van der Waals surface area (Å²) in [4.78, 5) is 13.1. The summed E-state index contributed by atoms with van der Waals surface area (Å²) < 4.78 is 6.34. The van der Waals surface area contributed by atoms with Crippen molar-refractivity contribution < 1.29 is 9.53 Å². The summed E-state index contributed by atoms with van der Waals surface area (Å²) in [6, 6.07) is 13.0. The van der Waals surface area contributed by atoms with Gasteiger partial charge in [0.25, 0.3) is 5.91 Å². The Morgan fingerprint density at radius 1 is 1.20 bits per heavy atom. The molecule has 0 bridgehead atoms. The highest BCUT2D eigenvalue weighted by molar-refractivity contribution is 7.21. The number of amides is 1. The van der Waals surface area contributed by atoms with Gasteiger partial charge in [0, 0.05) is 15.1 Å². The van der Waals surface area contributed by atoms with Crippen molar-refractivity contribution >= 4 is 50.5 Å². The van der Waals surface area contributed by atoms with Crippen molar-refractivity contribution in [2.75, 3.05) is 6.61 Å². The highest BCUT2D eigenvalue weighted by atomic mass is 35.5. The molecule has 0 saturated carbocycles. The number of hydrogen-bond acceptors (Lipinski definition) is 3. The molecule has 0 saturated heterocycles. The molecule has 6 heteroatoms. The van der Waals surface area contributed by atoms with E-state index >= 15 is 0 Å². The third-order valence-corrected chi connectivity index (χ3v) is 5.73. The first-order valence-corrected chi connectivity index (χ1v) is 9.48. The molecule has 0 aliphatic carbocycles. The van der Waals surface area contributed by atoms with E-state index in [1.54, 1.807) is 6.07 Å². The van der Waals surface area contributed by atoms with Crippen LogP contribution in [-0.2, 0) is 0 Å². The summed E-state index contributed by atoms with van der Waals surface area (Å²) in [7, 11) is 0. The minimum absolute atomic E-state index is 0.145. The van der Waals surface area contributed by atoms with Crippen molar-refractivity contribution in [1.82, 2.24) is 5.32 Å². The summed E-state index contributed by atoms with van der Waals surface area (Å²) in [5.74, 6) is 0.623. The Bertz CT molecular complexity index is 906. The van der Waals surface area contributed by atoms with Crippen LogP contribution in [-0.4, -0.2) is 12.5 Å². The van der Waals surface area contributed by atoms with Gasteiger partial charge in [-0.3, -0.25) is 4.79 Å². The summed E-state index contributed by atoms with van der Waals surface area (Å²) in [6.45, 7) is 4.50. The maximum atomic E-state index is 12.6. The predicted octanol–water partition coefficient (Wildman–Crippen LogP) is 6.10. The molecule has 3 rings (SSSR count). The van der Waals surface area contributed by atoms with Crippen LogP contribution in [0, 0.1) is 0 Å². The fraction of sp³-hybridized carbons (Fsp3) is 0.211. The quantitative estimate of drug-likeness (QED) is 0.568. The smallest absolute Gasteiger partial charge is 0.263 e. The lowest BCUT2D eigenvalue weighted by Gasteiger charge is -2.14. The topological polar surface area (TPSA) is 38.3 Å².